The van der Waals surface area contributed by atoms with Crippen molar-refractivity contribution in [2.24, 2.45) is 11.8 Å². The highest BCUT2D eigenvalue weighted by Crippen LogP contribution is 2.38. The summed E-state index contributed by atoms with van der Waals surface area (Å²) in [7, 11) is 0. The molecule has 29 heavy (non-hydrogen) atoms. The zero-order valence-corrected chi connectivity index (χ0v) is 17.0. The van der Waals surface area contributed by atoms with E-state index in [0.29, 0.717) is 19.3 Å². The molecule has 0 aliphatic heterocycles. The SMILES string of the molecule is C.CC(=O)CCC/C=C\C[C@@H]1[C@@H](CC[C@@H](O)CCc2ccccc2)[C@H](O)C[C@@H]1O. The molecule has 0 amide bonds. The van der Waals surface area contributed by atoms with Crippen LogP contribution in [0.4, 0.5) is 0 Å². The van der Waals surface area contributed by atoms with Crippen LogP contribution in [-0.2, 0) is 11.2 Å². The van der Waals surface area contributed by atoms with Crippen molar-refractivity contribution in [1.29, 1.82) is 0 Å². The maximum Gasteiger partial charge on any atom is 0.129 e. The van der Waals surface area contributed by atoms with Gasteiger partial charge in [0.15, 0.2) is 0 Å². The summed E-state index contributed by atoms with van der Waals surface area (Å²) in [5.74, 6) is 0.289. The Morgan fingerprint density at radius 3 is 2.48 bits per heavy atom. The molecule has 1 saturated carbocycles. The Hall–Kier alpha value is -1.49. The quantitative estimate of drug-likeness (QED) is 0.355. The number of aryl methyl sites for hydroxylation is 1. The van der Waals surface area contributed by atoms with E-state index in [4.69, 9.17) is 0 Å². The average molecular weight is 405 g/mol. The number of aliphatic hydroxyl groups is 3. The fraction of sp³-hybridized carbons (Fsp3) is 0.640. The summed E-state index contributed by atoms with van der Waals surface area (Å²) in [5.41, 5.74) is 1.23. The zero-order valence-electron chi connectivity index (χ0n) is 17.0. The molecular formula is C25H40O4. The molecule has 0 spiro atoms. The van der Waals surface area contributed by atoms with Gasteiger partial charge in [0.05, 0.1) is 18.3 Å². The Morgan fingerprint density at radius 2 is 1.79 bits per heavy atom. The summed E-state index contributed by atoms with van der Waals surface area (Å²) >= 11 is 0. The van der Waals surface area contributed by atoms with Gasteiger partial charge in [-0.2, -0.15) is 0 Å². The van der Waals surface area contributed by atoms with Crippen LogP contribution in [0.1, 0.15) is 71.3 Å². The van der Waals surface area contributed by atoms with E-state index < -0.39 is 12.2 Å². The summed E-state index contributed by atoms with van der Waals surface area (Å²) in [6, 6.07) is 10.2. The smallest absolute Gasteiger partial charge is 0.129 e. The number of hydrogen-bond acceptors (Lipinski definition) is 4. The third-order valence-corrected chi connectivity index (χ3v) is 5.94. The second-order valence-electron chi connectivity index (χ2n) is 8.25. The van der Waals surface area contributed by atoms with Crippen LogP contribution < -0.4 is 0 Å². The molecule has 1 aliphatic rings. The number of allylic oxidation sites excluding steroid dienone is 2. The number of unbranched alkanes of at least 4 members (excludes halogenated alkanes) is 1. The van der Waals surface area contributed by atoms with Crippen molar-refractivity contribution in [2.45, 2.75) is 90.4 Å². The fourth-order valence-corrected chi connectivity index (χ4v) is 4.25. The maximum absolute atomic E-state index is 11.0. The van der Waals surface area contributed by atoms with E-state index in [-0.39, 0.29) is 31.1 Å². The van der Waals surface area contributed by atoms with E-state index in [0.717, 1.165) is 38.5 Å². The lowest BCUT2D eigenvalue weighted by Crippen LogP contribution is -2.23. The van der Waals surface area contributed by atoms with Gasteiger partial charge in [-0.05, 0) is 75.7 Å². The highest BCUT2D eigenvalue weighted by atomic mass is 16.3. The van der Waals surface area contributed by atoms with E-state index in [1.807, 2.05) is 18.2 Å². The zero-order chi connectivity index (χ0) is 20.4. The third-order valence-electron chi connectivity index (χ3n) is 5.94. The average Bonchev–Trinajstić information content (AvgIpc) is 2.94. The van der Waals surface area contributed by atoms with Crippen molar-refractivity contribution in [3.05, 3.63) is 48.0 Å². The van der Waals surface area contributed by atoms with Crippen LogP contribution in [-0.4, -0.2) is 39.4 Å². The molecule has 0 saturated heterocycles. The van der Waals surface area contributed by atoms with Gasteiger partial charge in [-0.1, -0.05) is 49.9 Å². The van der Waals surface area contributed by atoms with Gasteiger partial charge in [-0.15, -0.1) is 0 Å². The molecule has 4 nitrogen and oxygen atoms in total. The molecule has 1 aromatic carbocycles. The number of rotatable bonds is 12. The second-order valence-corrected chi connectivity index (χ2v) is 8.25. The summed E-state index contributed by atoms with van der Waals surface area (Å²) in [5, 5.41) is 31.0. The fourth-order valence-electron chi connectivity index (χ4n) is 4.25. The summed E-state index contributed by atoms with van der Waals surface area (Å²) in [6.07, 6.45) is 9.25. The monoisotopic (exact) mass is 404 g/mol. The molecule has 0 heterocycles. The molecule has 5 atom stereocenters. The maximum atomic E-state index is 11.0. The van der Waals surface area contributed by atoms with Crippen LogP contribution in [0.5, 0.6) is 0 Å². The third kappa shape index (κ3) is 9.24. The Balaban J connectivity index is 0.00000420. The van der Waals surface area contributed by atoms with E-state index >= 15 is 0 Å². The molecular weight excluding hydrogens is 364 g/mol. The molecule has 2 rings (SSSR count). The Labute approximate surface area is 176 Å². The molecule has 0 unspecified atom stereocenters. The van der Waals surface area contributed by atoms with Crippen LogP contribution in [0.3, 0.4) is 0 Å². The van der Waals surface area contributed by atoms with Gasteiger partial charge in [0.25, 0.3) is 0 Å². The lowest BCUT2D eigenvalue weighted by atomic mass is 9.85. The van der Waals surface area contributed by atoms with Crippen LogP contribution in [0.15, 0.2) is 42.5 Å². The Morgan fingerprint density at radius 1 is 1.10 bits per heavy atom. The highest BCUT2D eigenvalue weighted by Gasteiger charge is 2.40. The molecule has 1 aromatic rings. The van der Waals surface area contributed by atoms with E-state index in [9.17, 15) is 20.1 Å². The van der Waals surface area contributed by atoms with Crippen molar-refractivity contribution in [3.8, 4) is 0 Å². The highest BCUT2D eigenvalue weighted by molar-refractivity contribution is 5.75. The van der Waals surface area contributed by atoms with Crippen LogP contribution in [0.2, 0.25) is 0 Å². The van der Waals surface area contributed by atoms with Gasteiger partial charge >= 0.3 is 0 Å². The molecule has 3 N–H and O–H groups in total. The number of carbonyl (C=O) groups excluding carboxylic acids is 1. The largest absolute Gasteiger partial charge is 0.393 e. The number of aliphatic hydroxyl groups excluding tert-OH is 3. The molecule has 164 valence electrons. The molecule has 1 fully saturated rings. The molecule has 0 aromatic heterocycles. The van der Waals surface area contributed by atoms with E-state index in [1.165, 1.54) is 5.56 Å². The number of benzene rings is 1. The van der Waals surface area contributed by atoms with Crippen molar-refractivity contribution < 1.29 is 20.1 Å². The normalized spacial score (nSPS) is 25.1. The molecule has 1 aliphatic carbocycles. The number of carbonyl (C=O) groups is 1. The number of hydrogen-bond donors (Lipinski definition) is 3. The Kier molecular flexibility index (Phi) is 12.1. The van der Waals surface area contributed by atoms with Gasteiger partial charge in [0, 0.05) is 6.42 Å². The first-order valence-corrected chi connectivity index (χ1v) is 10.7. The standard InChI is InChI=1S/C24H36O4.CH4/c1-18(25)9-5-2-3-8-12-21-22(24(28)17-23(21)27)16-15-20(26)14-13-19-10-6-4-7-11-19;/h3-4,6-8,10-11,20-24,26-28H,2,5,9,12-17H2,1H3;1H4/b8-3-;/t20-,21+,22+,23-,24+;/m0./s1. The van der Waals surface area contributed by atoms with Crippen molar-refractivity contribution in [2.75, 3.05) is 0 Å². The van der Waals surface area contributed by atoms with E-state index in [1.54, 1.807) is 6.92 Å². The van der Waals surface area contributed by atoms with E-state index in [2.05, 4.69) is 24.3 Å². The van der Waals surface area contributed by atoms with Gasteiger partial charge < -0.3 is 20.1 Å². The predicted octanol–water partition coefficient (Wildman–Crippen LogP) is 4.46. The second kappa shape index (κ2) is 13.7. The van der Waals surface area contributed by atoms with Gasteiger partial charge in [0.1, 0.15) is 5.78 Å². The Bertz CT molecular complexity index is 598. The minimum absolute atomic E-state index is 0. The van der Waals surface area contributed by atoms with Crippen molar-refractivity contribution in [1.82, 2.24) is 0 Å². The van der Waals surface area contributed by atoms with Gasteiger partial charge in [-0.3, -0.25) is 0 Å². The first-order valence-electron chi connectivity index (χ1n) is 10.7. The number of ketones is 1. The first-order chi connectivity index (χ1) is 13.5. The predicted molar refractivity (Wildman–Crippen MR) is 119 cm³/mol. The molecule has 4 heteroatoms. The minimum atomic E-state index is -0.493. The van der Waals surface area contributed by atoms with Crippen LogP contribution in [0.25, 0.3) is 0 Å². The minimum Gasteiger partial charge on any atom is -0.393 e. The molecule has 0 radical (unpaired) electrons. The summed E-state index contributed by atoms with van der Waals surface area (Å²) in [6.45, 7) is 1.61. The number of Topliss-reactive ketones (excluding diaryl/α,β-unsaturated/α-hetero) is 1. The molecule has 0 bridgehead atoms. The first kappa shape index (κ1) is 25.5. The lowest BCUT2D eigenvalue weighted by molar-refractivity contribution is -0.117. The summed E-state index contributed by atoms with van der Waals surface area (Å²) < 4.78 is 0. The van der Waals surface area contributed by atoms with Crippen LogP contribution >= 0.6 is 0 Å². The topological polar surface area (TPSA) is 77.8 Å². The van der Waals surface area contributed by atoms with Crippen molar-refractivity contribution in [3.63, 3.8) is 0 Å². The van der Waals surface area contributed by atoms with Gasteiger partial charge in [-0.25, -0.2) is 0 Å². The summed E-state index contributed by atoms with van der Waals surface area (Å²) in [4.78, 5) is 11.0. The van der Waals surface area contributed by atoms with Gasteiger partial charge in [0.2, 0.25) is 0 Å². The van der Waals surface area contributed by atoms with Crippen molar-refractivity contribution >= 4 is 5.78 Å². The van der Waals surface area contributed by atoms with Crippen LogP contribution in [0, 0.1) is 11.8 Å². The lowest BCUT2D eigenvalue weighted by Gasteiger charge is -2.23.